The lowest BCUT2D eigenvalue weighted by Crippen LogP contribution is -2.05. The van der Waals surface area contributed by atoms with E-state index in [4.69, 9.17) is 0 Å². The van der Waals surface area contributed by atoms with Crippen LogP contribution in [0.1, 0.15) is 39.4 Å². The zero-order chi connectivity index (χ0) is 19.2. The second-order valence-electron chi connectivity index (χ2n) is 6.03. The molecule has 4 nitrogen and oxygen atoms in total. The van der Waals surface area contributed by atoms with Crippen LogP contribution in [-0.4, -0.2) is 10.7 Å². The second kappa shape index (κ2) is 8.97. The average molecular weight is 398 g/mol. The van der Waals surface area contributed by atoms with Crippen molar-refractivity contribution >= 4 is 34.6 Å². The van der Waals surface area contributed by atoms with Crippen molar-refractivity contribution in [1.29, 1.82) is 0 Å². The Balaban J connectivity index is 1.89. The van der Waals surface area contributed by atoms with E-state index in [1.807, 2.05) is 24.3 Å². The van der Waals surface area contributed by atoms with Crippen molar-refractivity contribution in [3.63, 3.8) is 0 Å². The molecule has 27 heavy (non-hydrogen) atoms. The number of hydrogen-bond acceptors (Lipinski definition) is 5. The Morgan fingerprint density at radius 2 is 1.89 bits per heavy atom. The van der Waals surface area contributed by atoms with Gasteiger partial charge in [0.15, 0.2) is 5.78 Å². The van der Waals surface area contributed by atoms with E-state index in [-0.39, 0.29) is 23.1 Å². The largest absolute Gasteiger partial charge is 0.294 e. The molecule has 6 heteroatoms. The molecular weight excluding hydrogens is 378 g/mol. The number of rotatable bonds is 8. The van der Waals surface area contributed by atoms with Crippen molar-refractivity contribution in [2.45, 2.75) is 29.2 Å². The summed E-state index contributed by atoms with van der Waals surface area (Å²) >= 11 is 3.30. The minimum atomic E-state index is -0.398. The van der Waals surface area contributed by atoms with Crippen molar-refractivity contribution in [1.82, 2.24) is 0 Å². The molecule has 0 spiro atoms. The summed E-state index contributed by atoms with van der Waals surface area (Å²) in [6.07, 6.45) is 1.25. The lowest BCUT2D eigenvalue weighted by atomic mass is 10.0. The molecule has 0 aliphatic rings. The molecule has 0 N–H and O–H groups in total. The fourth-order valence-electron chi connectivity index (χ4n) is 2.73. The first-order chi connectivity index (χ1) is 13.1. The number of ketones is 1. The van der Waals surface area contributed by atoms with Gasteiger partial charge in [-0.1, -0.05) is 49.4 Å². The van der Waals surface area contributed by atoms with Gasteiger partial charge in [0.05, 0.1) is 9.13 Å². The van der Waals surface area contributed by atoms with Crippen LogP contribution in [0.2, 0.25) is 0 Å². The quantitative estimate of drug-likeness (QED) is 0.193. The number of Topliss-reactive ketones (excluding diaryl/α,β-unsaturated/α-hetero) is 1. The molecule has 1 atom stereocenters. The van der Waals surface area contributed by atoms with Crippen molar-refractivity contribution in [2.75, 3.05) is 0 Å². The Hall–Kier alpha value is -2.44. The smallest absolute Gasteiger partial charge is 0.269 e. The van der Waals surface area contributed by atoms with Crippen molar-refractivity contribution in [3.8, 4) is 0 Å². The second-order valence-corrected chi connectivity index (χ2v) is 8.70. The predicted octanol–water partition coefficient (Wildman–Crippen LogP) is 6.33. The van der Waals surface area contributed by atoms with E-state index in [1.54, 1.807) is 47.4 Å². The highest BCUT2D eigenvalue weighted by molar-refractivity contribution is 8.01. The van der Waals surface area contributed by atoms with Gasteiger partial charge < -0.3 is 0 Å². The van der Waals surface area contributed by atoms with Crippen LogP contribution in [-0.2, 0) is 6.42 Å². The maximum Gasteiger partial charge on any atom is 0.269 e. The van der Waals surface area contributed by atoms with Crippen LogP contribution in [0.15, 0.2) is 70.9 Å². The third-order valence-electron chi connectivity index (χ3n) is 4.16. The number of hydrogen-bond donors (Lipinski definition) is 0. The number of thioether (sulfide) groups is 1. The molecule has 1 aromatic heterocycles. The van der Waals surface area contributed by atoms with Crippen LogP contribution in [0.5, 0.6) is 0 Å². The zero-order valence-electron chi connectivity index (χ0n) is 14.8. The van der Waals surface area contributed by atoms with Gasteiger partial charge in [0.2, 0.25) is 0 Å². The van der Waals surface area contributed by atoms with Gasteiger partial charge in [-0.25, -0.2) is 0 Å². The Morgan fingerprint density at radius 1 is 1.11 bits per heavy atom. The lowest BCUT2D eigenvalue weighted by Gasteiger charge is -2.15. The number of nitro benzene ring substituents is 1. The van der Waals surface area contributed by atoms with Crippen molar-refractivity contribution < 1.29 is 9.72 Å². The van der Waals surface area contributed by atoms with E-state index in [1.165, 1.54) is 10.9 Å². The molecule has 0 bridgehead atoms. The molecule has 0 aliphatic heterocycles. The fraction of sp³-hybridized carbons (Fsp3) is 0.190. The number of aryl methyl sites for hydroxylation is 1. The summed E-state index contributed by atoms with van der Waals surface area (Å²) in [4.78, 5) is 24.8. The van der Waals surface area contributed by atoms with Gasteiger partial charge in [0.25, 0.3) is 5.69 Å². The monoisotopic (exact) mass is 397 g/mol. The van der Waals surface area contributed by atoms with Crippen molar-refractivity contribution in [3.05, 3.63) is 92.8 Å². The summed E-state index contributed by atoms with van der Waals surface area (Å²) in [6.45, 7) is 2.11. The molecule has 0 aliphatic carbocycles. The molecule has 0 saturated carbocycles. The zero-order valence-corrected chi connectivity index (χ0v) is 16.5. The van der Waals surface area contributed by atoms with Crippen molar-refractivity contribution in [2.24, 2.45) is 0 Å². The predicted molar refractivity (Wildman–Crippen MR) is 111 cm³/mol. The Bertz CT molecular complexity index is 937. The first kappa shape index (κ1) is 19.3. The van der Waals surface area contributed by atoms with Crippen LogP contribution in [0.4, 0.5) is 5.69 Å². The number of thiophene rings is 1. The highest BCUT2D eigenvalue weighted by Gasteiger charge is 2.21. The van der Waals surface area contributed by atoms with Gasteiger partial charge in [0.1, 0.15) is 0 Å². The summed E-state index contributed by atoms with van der Waals surface area (Å²) < 4.78 is 1.12. The molecule has 1 unspecified atom stereocenters. The van der Waals surface area contributed by atoms with Gasteiger partial charge in [-0.3, -0.25) is 14.9 Å². The Labute approximate surface area is 166 Å². The van der Waals surface area contributed by atoms with E-state index < -0.39 is 4.92 Å². The topological polar surface area (TPSA) is 60.2 Å². The highest BCUT2D eigenvalue weighted by atomic mass is 32.2. The highest BCUT2D eigenvalue weighted by Crippen LogP contribution is 2.42. The van der Waals surface area contributed by atoms with Crippen LogP contribution in [0.3, 0.4) is 0 Å². The van der Waals surface area contributed by atoms with E-state index >= 15 is 0 Å². The van der Waals surface area contributed by atoms with E-state index in [0.29, 0.717) is 5.56 Å². The van der Waals surface area contributed by atoms with Crippen LogP contribution in [0, 0.1) is 10.1 Å². The molecule has 0 saturated heterocycles. The molecule has 0 amide bonds. The van der Waals surface area contributed by atoms with Gasteiger partial charge in [-0.2, -0.15) is 0 Å². The normalized spacial score (nSPS) is 11.9. The van der Waals surface area contributed by atoms with E-state index in [2.05, 4.69) is 19.1 Å². The molecule has 0 radical (unpaired) electrons. The average Bonchev–Trinajstić information content (AvgIpc) is 3.16. The number of benzene rings is 2. The molecule has 2 aromatic carbocycles. The third kappa shape index (κ3) is 5.05. The van der Waals surface area contributed by atoms with Gasteiger partial charge >= 0.3 is 0 Å². The molecular formula is C21H19NO3S2. The molecule has 1 heterocycles. The molecule has 3 aromatic rings. The minimum absolute atomic E-state index is 0.0341. The third-order valence-corrected chi connectivity index (χ3v) is 6.82. The first-order valence-electron chi connectivity index (χ1n) is 8.64. The molecule has 3 rings (SSSR count). The maximum absolute atomic E-state index is 12.8. The summed E-state index contributed by atoms with van der Waals surface area (Å²) in [5.41, 5.74) is 1.50. The van der Waals surface area contributed by atoms with E-state index in [9.17, 15) is 14.9 Å². The van der Waals surface area contributed by atoms with Crippen LogP contribution in [0.25, 0.3) is 0 Å². The number of carbonyl (C=O) groups is 1. The summed E-state index contributed by atoms with van der Waals surface area (Å²) in [5.74, 6) is 0.0341. The maximum atomic E-state index is 12.8. The fourth-order valence-corrected chi connectivity index (χ4v) is 5.21. The number of nitro groups is 1. The standard InChI is InChI=1S/C21H19NO3S2/c1-2-18-11-12-21(26-18)27-20(14-19(23)15-7-4-3-5-8-15)16-9-6-10-17(13-16)22(24)25/h3-13,20H,2,14H2,1H3. The first-order valence-corrected chi connectivity index (χ1v) is 10.3. The number of nitrogens with zero attached hydrogens (tertiary/aromatic N) is 1. The minimum Gasteiger partial charge on any atom is -0.294 e. The van der Waals surface area contributed by atoms with Crippen LogP contribution < -0.4 is 0 Å². The van der Waals surface area contributed by atoms with Gasteiger partial charge in [0, 0.05) is 34.2 Å². The lowest BCUT2D eigenvalue weighted by molar-refractivity contribution is -0.384. The van der Waals surface area contributed by atoms with E-state index in [0.717, 1.165) is 16.2 Å². The number of carbonyl (C=O) groups excluding carboxylic acids is 1. The molecule has 0 fully saturated rings. The number of non-ortho nitro benzene ring substituents is 1. The Morgan fingerprint density at radius 3 is 2.56 bits per heavy atom. The summed E-state index contributed by atoms with van der Waals surface area (Å²) in [5, 5.41) is 11.0. The molecule has 138 valence electrons. The van der Waals surface area contributed by atoms with Crippen LogP contribution >= 0.6 is 23.1 Å². The summed E-state index contributed by atoms with van der Waals surface area (Å²) in [6, 6.07) is 19.9. The van der Waals surface area contributed by atoms with Gasteiger partial charge in [-0.15, -0.1) is 23.1 Å². The SMILES string of the molecule is CCc1ccc(SC(CC(=O)c2ccccc2)c2cccc([N+](=O)[O-])c2)s1. The van der Waals surface area contributed by atoms with Gasteiger partial charge in [-0.05, 0) is 24.1 Å². The Kier molecular flexibility index (Phi) is 6.42. The summed E-state index contributed by atoms with van der Waals surface area (Å²) in [7, 11) is 0.